The van der Waals surface area contributed by atoms with Crippen molar-refractivity contribution in [1.82, 2.24) is 20.1 Å². The molecule has 0 saturated carbocycles. The summed E-state index contributed by atoms with van der Waals surface area (Å²) in [6.07, 6.45) is 1.63. The summed E-state index contributed by atoms with van der Waals surface area (Å²) < 4.78 is 7.20. The topological polar surface area (TPSA) is 72.9 Å². The first-order valence-corrected chi connectivity index (χ1v) is 9.43. The summed E-state index contributed by atoms with van der Waals surface area (Å²) in [5.74, 6) is 2.09. The molecule has 26 heavy (non-hydrogen) atoms. The van der Waals surface area contributed by atoms with Crippen LogP contribution in [0, 0.1) is 6.92 Å². The molecule has 0 aliphatic rings. The lowest BCUT2D eigenvalue weighted by Gasteiger charge is -2.12. The second-order valence-corrected chi connectivity index (χ2v) is 7.10. The third-order valence-corrected chi connectivity index (χ3v) is 5.26. The first-order chi connectivity index (χ1) is 12.6. The molecule has 1 N–H and O–H groups in total. The normalized spacial score (nSPS) is 12.1. The number of rotatable bonds is 7. The number of aromatic nitrogens is 3. The molecule has 0 bridgehead atoms. The van der Waals surface area contributed by atoms with E-state index in [2.05, 4.69) is 34.6 Å². The Labute approximate surface area is 157 Å². The van der Waals surface area contributed by atoms with Gasteiger partial charge in [-0.2, -0.15) is 0 Å². The average Bonchev–Trinajstić information content (AvgIpc) is 3.23. The number of carbonyl (C=O) groups excluding carboxylic acids is 1. The molecule has 7 heteroatoms. The molecule has 1 aromatic carbocycles. The monoisotopic (exact) mass is 370 g/mol. The van der Waals surface area contributed by atoms with E-state index in [9.17, 15) is 4.79 Å². The third kappa shape index (κ3) is 4.16. The fourth-order valence-corrected chi connectivity index (χ4v) is 3.38. The van der Waals surface area contributed by atoms with Gasteiger partial charge in [-0.3, -0.25) is 4.79 Å². The second-order valence-electron chi connectivity index (χ2n) is 6.16. The van der Waals surface area contributed by atoms with Crippen molar-refractivity contribution < 1.29 is 9.21 Å². The molecule has 0 radical (unpaired) electrons. The Kier molecular flexibility index (Phi) is 5.78. The highest BCUT2D eigenvalue weighted by molar-refractivity contribution is 7.99. The quantitative estimate of drug-likeness (QED) is 0.645. The highest BCUT2D eigenvalue weighted by Crippen LogP contribution is 2.25. The van der Waals surface area contributed by atoms with Crippen LogP contribution in [0.4, 0.5) is 0 Å². The van der Waals surface area contributed by atoms with Crippen LogP contribution in [0.15, 0.2) is 52.2 Å². The van der Waals surface area contributed by atoms with Crippen molar-refractivity contribution in [2.24, 2.45) is 7.05 Å². The van der Waals surface area contributed by atoms with E-state index >= 15 is 0 Å². The summed E-state index contributed by atoms with van der Waals surface area (Å²) >= 11 is 1.37. The van der Waals surface area contributed by atoms with Crippen LogP contribution in [-0.4, -0.2) is 33.0 Å². The molecule has 1 unspecified atom stereocenters. The van der Waals surface area contributed by atoms with Gasteiger partial charge in [0.05, 0.1) is 17.6 Å². The van der Waals surface area contributed by atoms with Crippen molar-refractivity contribution in [2.75, 3.05) is 12.3 Å². The molecule has 0 fully saturated rings. The van der Waals surface area contributed by atoms with E-state index in [0.717, 1.165) is 17.1 Å². The largest absolute Gasteiger partial charge is 0.469 e. The van der Waals surface area contributed by atoms with Crippen molar-refractivity contribution in [3.05, 3.63) is 54.0 Å². The Hall–Kier alpha value is -2.54. The highest BCUT2D eigenvalue weighted by atomic mass is 32.2. The number of hydrogen-bond donors (Lipinski definition) is 1. The van der Waals surface area contributed by atoms with Crippen LogP contribution in [0.1, 0.15) is 24.2 Å². The summed E-state index contributed by atoms with van der Waals surface area (Å²) in [5.41, 5.74) is 2.13. The maximum absolute atomic E-state index is 12.1. The van der Waals surface area contributed by atoms with Crippen LogP contribution in [0.3, 0.4) is 0 Å². The van der Waals surface area contributed by atoms with Crippen LogP contribution in [0.2, 0.25) is 0 Å². The molecule has 3 rings (SSSR count). The van der Waals surface area contributed by atoms with Crippen LogP contribution in [0.25, 0.3) is 11.4 Å². The molecule has 3 aromatic rings. The molecular weight excluding hydrogens is 348 g/mol. The summed E-state index contributed by atoms with van der Waals surface area (Å²) in [6.45, 7) is 4.60. The molecular formula is C19H22N4O2S. The van der Waals surface area contributed by atoms with Gasteiger partial charge >= 0.3 is 0 Å². The van der Waals surface area contributed by atoms with Gasteiger partial charge in [-0.25, -0.2) is 0 Å². The molecule has 0 spiro atoms. The van der Waals surface area contributed by atoms with E-state index in [1.807, 2.05) is 42.8 Å². The highest BCUT2D eigenvalue weighted by Gasteiger charge is 2.16. The lowest BCUT2D eigenvalue weighted by Crippen LogP contribution is -2.29. The average molecular weight is 370 g/mol. The van der Waals surface area contributed by atoms with Gasteiger partial charge in [-0.1, -0.05) is 49.0 Å². The number of benzene rings is 1. The van der Waals surface area contributed by atoms with E-state index in [-0.39, 0.29) is 11.8 Å². The fraction of sp³-hybridized carbons (Fsp3) is 0.316. The number of nitrogens with one attached hydrogen (secondary N) is 1. The smallest absolute Gasteiger partial charge is 0.230 e. The molecule has 136 valence electrons. The lowest BCUT2D eigenvalue weighted by atomic mass is 10.0. The Morgan fingerprint density at radius 3 is 2.73 bits per heavy atom. The molecule has 0 saturated heterocycles. The minimum Gasteiger partial charge on any atom is -0.469 e. The zero-order chi connectivity index (χ0) is 18.5. The van der Waals surface area contributed by atoms with Crippen LogP contribution in [0.5, 0.6) is 0 Å². The summed E-state index contributed by atoms with van der Waals surface area (Å²) in [5, 5.41) is 12.1. The SMILES string of the molecule is Cc1occc1-c1nnc(SCC(=O)NCC(C)c2ccccc2)n1C. The van der Waals surface area contributed by atoms with Crippen molar-refractivity contribution in [3.8, 4) is 11.4 Å². The standard InChI is InChI=1S/C19H22N4O2S/c1-13(15-7-5-4-6-8-15)11-20-17(24)12-26-19-22-21-18(23(19)3)16-9-10-25-14(16)2/h4-10,13H,11-12H2,1-3H3,(H,20,24). The van der Waals surface area contributed by atoms with Gasteiger partial charge in [0.1, 0.15) is 5.76 Å². The van der Waals surface area contributed by atoms with Crippen LogP contribution in [-0.2, 0) is 11.8 Å². The maximum Gasteiger partial charge on any atom is 0.230 e. The van der Waals surface area contributed by atoms with Crippen LogP contribution >= 0.6 is 11.8 Å². The Morgan fingerprint density at radius 2 is 2.04 bits per heavy atom. The summed E-state index contributed by atoms with van der Waals surface area (Å²) in [7, 11) is 1.89. The number of aryl methyl sites for hydroxylation is 1. The molecule has 2 aromatic heterocycles. The lowest BCUT2D eigenvalue weighted by molar-refractivity contribution is -0.118. The van der Waals surface area contributed by atoms with Gasteiger partial charge in [-0.15, -0.1) is 10.2 Å². The predicted octanol–water partition coefficient (Wildman–Crippen LogP) is 3.40. The van der Waals surface area contributed by atoms with Crippen LogP contribution < -0.4 is 5.32 Å². The predicted molar refractivity (Wildman–Crippen MR) is 102 cm³/mol. The zero-order valence-corrected chi connectivity index (χ0v) is 15.9. The molecule has 0 aliphatic heterocycles. The number of amides is 1. The first kappa shape index (κ1) is 18.3. The van der Waals surface area contributed by atoms with E-state index in [1.165, 1.54) is 17.3 Å². The summed E-state index contributed by atoms with van der Waals surface area (Å²) in [6, 6.07) is 12.0. The Morgan fingerprint density at radius 1 is 1.27 bits per heavy atom. The Bertz CT molecular complexity index is 873. The number of nitrogens with zero attached hydrogens (tertiary/aromatic N) is 3. The minimum absolute atomic E-state index is 0.0122. The molecule has 6 nitrogen and oxygen atoms in total. The molecule has 2 heterocycles. The van der Waals surface area contributed by atoms with Gasteiger partial charge in [-0.05, 0) is 24.5 Å². The second kappa shape index (κ2) is 8.23. The molecule has 1 amide bonds. The molecule has 0 aliphatic carbocycles. The maximum atomic E-state index is 12.1. The number of carbonyl (C=O) groups is 1. The number of thioether (sulfide) groups is 1. The van der Waals surface area contributed by atoms with Crippen molar-refractivity contribution >= 4 is 17.7 Å². The van der Waals surface area contributed by atoms with Gasteiger partial charge < -0.3 is 14.3 Å². The van der Waals surface area contributed by atoms with E-state index in [1.54, 1.807) is 6.26 Å². The summed E-state index contributed by atoms with van der Waals surface area (Å²) in [4.78, 5) is 12.1. The van der Waals surface area contributed by atoms with Gasteiger partial charge in [0.15, 0.2) is 11.0 Å². The van der Waals surface area contributed by atoms with Crippen molar-refractivity contribution in [1.29, 1.82) is 0 Å². The molecule has 1 atom stereocenters. The minimum atomic E-state index is -0.0122. The first-order valence-electron chi connectivity index (χ1n) is 8.44. The van der Waals surface area contributed by atoms with Gasteiger partial charge in [0.2, 0.25) is 5.91 Å². The van der Waals surface area contributed by atoms with E-state index in [4.69, 9.17) is 4.42 Å². The van der Waals surface area contributed by atoms with Crippen molar-refractivity contribution in [2.45, 2.75) is 24.9 Å². The zero-order valence-electron chi connectivity index (χ0n) is 15.1. The fourth-order valence-electron chi connectivity index (χ4n) is 2.64. The van der Waals surface area contributed by atoms with E-state index < -0.39 is 0 Å². The van der Waals surface area contributed by atoms with Gasteiger partial charge in [0, 0.05) is 13.6 Å². The number of hydrogen-bond acceptors (Lipinski definition) is 5. The van der Waals surface area contributed by atoms with Gasteiger partial charge in [0.25, 0.3) is 0 Å². The Balaban J connectivity index is 1.52. The van der Waals surface area contributed by atoms with Crippen molar-refractivity contribution in [3.63, 3.8) is 0 Å². The van der Waals surface area contributed by atoms with E-state index in [0.29, 0.717) is 17.5 Å². The number of furan rings is 1. The third-order valence-electron chi connectivity index (χ3n) is 4.24.